The van der Waals surface area contributed by atoms with Gasteiger partial charge in [-0.2, -0.15) is 0 Å². The van der Waals surface area contributed by atoms with Crippen LogP contribution in [0.2, 0.25) is 0 Å². The summed E-state index contributed by atoms with van der Waals surface area (Å²) in [6, 6.07) is 0. The molecule has 0 amide bonds. The van der Waals surface area contributed by atoms with Crippen molar-refractivity contribution in [3.8, 4) is 0 Å². The molecule has 5 heteroatoms. The van der Waals surface area contributed by atoms with Crippen LogP contribution in [-0.2, 0) is 13.6 Å². The zero-order valence-electron chi connectivity index (χ0n) is 12.1. The minimum atomic E-state index is -3.92. The van der Waals surface area contributed by atoms with Crippen LogP contribution >= 0.6 is 7.82 Å². The van der Waals surface area contributed by atoms with E-state index in [4.69, 9.17) is 4.52 Å². The lowest BCUT2D eigenvalue weighted by atomic mass is 9.76. The highest BCUT2D eigenvalue weighted by Crippen LogP contribution is 2.49. The maximum Gasteiger partial charge on any atom is 0.472 e. The Balaban J connectivity index is 4.58. The van der Waals surface area contributed by atoms with Gasteiger partial charge in [-0.15, -0.1) is 0 Å². The van der Waals surface area contributed by atoms with E-state index in [-0.39, 0.29) is 5.41 Å². The molecule has 17 heavy (non-hydrogen) atoms. The highest BCUT2D eigenvalue weighted by molar-refractivity contribution is 7.47. The molecule has 0 aromatic heterocycles. The van der Waals surface area contributed by atoms with Gasteiger partial charge in [-0.05, 0) is 38.0 Å². The number of hydrogen-bond donors (Lipinski definition) is 1. The molecule has 0 aromatic carbocycles. The second-order valence-corrected chi connectivity index (χ2v) is 7.93. The standard InChI is InChI=1S/C12H27O4P/c1-10(2)8-11(3,4)9-12(5,6)16-17(13,14)15-7/h10H,8-9H2,1-7H3,(H,13,14). The Labute approximate surface area is 105 Å². The Bertz CT molecular complexity index is 284. The average Bonchev–Trinajstić information content (AvgIpc) is 1.96. The van der Waals surface area contributed by atoms with Crippen LogP contribution in [0.25, 0.3) is 0 Å². The highest BCUT2D eigenvalue weighted by atomic mass is 31.2. The van der Waals surface area contributed by atoms with Crippen molar-refractivity contribution < 1.29 is 18.5 Å². The van der Waals surface area contributed by atoms with Crippen molar-refractivity contribution in [3.63, 3.8) is 0 Å². The zero-order chi connectivity index (χ0) is 13.9. The first-order chi connectivity index (χ1) is 7.39. The van der Waals surface area contributed by atoms with Gasteiger partial charge >= 0.3 is 7.82 Å². The van der Waals surface area contributed by atoms with Crippen molar-refractivity contribution in [3.05, 3.63) is 0 Å². The molecule has 0 saturated carbocycles. The molecule has 0 saturated heterocycles. The van der Waals surface area contributed by atoms with Gasteiger partial charge in [0, 0.05) is 7.11 Å². The highest BCUT2D eigenvalue weighted by Gasteiger charge is 2.36. The summed E-state index contributed by atoms with van der Waals surface area (Å²) in [7, 11) is -2.74. The summed E-state index contributed by atoms with van der Waals surface area (Å²) >= 11 is 0. The SMILES string of the molecule is COP(=O)(O)OC(C)(C)CC(C)(C)CC(C)C. The maximum atomic E-state index is 11.4. The third-order valence-corrected chi connectivity index (χ3v) is 3.64. The molecule has 0 radical (unpaired) electrons. The Morgan fingerprint density at radius 1 is 1.24 bits per heavy atom. The Kier molecular flexibility index (Phi) is 5.87. The minimum absolute atomic E-state index is 0.0609. The minimum Gasteiger partial charge on any atom is -0.302 e. The zero-order valence-corrected chi connectivity index (χ0v) is 13.0. The first kappa shape index (κ1) is 17.1. The fourth-order valence-corrected chi connectivity index (χ4v) is 3.48. The Morgan fingerprint density at radius 2 is 1.71 bits per heavy atom. The van der Waals surface area contributed by atoms with Crippen LogP contribution in [0.1, 0.15) is 54.4 Å². The number of phosphoric acid groups is 1. The third-order valence-electron chi connectivity index (χ3n) is 2.46. The summed E-state index contributed by atoms with van der Waals surface area (Å²) in [4.78, 5) is 9.35. The molecule has 1 N–H and O–H groups in total. The summed E-state index contributed by atoms with van der Waals surface area (Å²) in [5.74, 6) is 0.587. The molecule has 0 fully saturated rings. The summed E-state index contributed by atoms with van der Waals surface area (Å²) in [5, 5.41) is 0. The van der Waals surface area contributed by atoms with E-state index in [0.29, 0.717) is 12.3 Å². The molecule has 0 aliphatic heterocycles. The molecule has 4 nitrogen and oxygen atoms in total. The van der Waals surface area contributed by atoms with E-state index in [2.05, 4.69) is 32.2 Å². The largest absolute Gasteiger partial charge is 0.472 e. The average molecular weight is 266 g/mol. The van der Waals surface area contributed by atoms with Crippen molar-refractivity contribution >= 4 is 7.82 Å². The van der Waals surface area contributed by atoms with Crippen molar-refractivity contribution in [1.82, 2.24) is 0 Å². The van der Waals surface area contributed by atoms with Gasteiger partial charge in [0.2, 0.25) is 0 Å². The first-order valence-corrected chi connectivity index (χ1v) is 7.48. The van der Waals surface area contributed by atoms with Crippen molar-refractivity contribution in [1.29, 1.82) is 0 Å². The van der Waals surface area contributed by atoms with E-state index >= 15 is 0 Å². The van der Waals surface area contributed by atoms with E-state index in [9.17, 15) is 9.46 Å². The van der Waals surface area contributed by atoms with E-state index in [0.717, 1.165) is 6.42 Å². The predicted molar refractivity (Wildman–Crippen MR) is 69.9 cm³/mol. The fourth-order valence-electron chi connectivity index (χ4n) is 2.71. The lowest BCUT2D eigenvalue weighted by Gasteiger charge is -2.36. The number of hydrogen-bond acceptors (Lipinski definition) is 3. The molecule has 1 unspecified atom stereocenters. The van der Waals surface area contributed by atoms with Gasteiger partial charge in [0.1, 0.15) is 0 Å². The van der Waals surface area contributed by atoms with Gasteiger partial charge in [0.15, 0.2) is 0 Å². The molecule has 0 bridgehead atoms. The van der Waals surface area contributed by atoms with Gasteiger partial charge in [-0.25, -0.2) is 4.57 Å². The van der Waals surface area contributed by atoms with Gasteiger partial charge in [0.25, 0.3) is 0 Å². The van der Waals surface area contributed by atoms with E-state index in [1.54, 1.807) is 0 Å². The lowest BCUT2D eigenvalue weighted by molar-refractivity contribution is 0.0169. The smallest absolute Gasteiger partial charge is 0.302 e. The second kappa shape index (κ2) is 5.83. The number of rotatable bonds is 7. The quantitative estimate of drug-likeness (QED) is 0.708. The van der Waals surface area contributed by atoms with Crippen molar-refractivity contribution in [2.24, 2.45) is 11.3 Å². The third kappa shape index (κ3) is 7.93. The molecule has 0 heterocycles. The summed E-state index contributed by atoms with van der Waals surface area (Å²) < 4.78 is 21.1. The summed E-state index contributed by atoms with van der Waals surface area (Å²) in [5.41, 5.74) is -0.621. The molecular weight excluding hydrogens is 239 g/mol. The van der Waals surface area contributed by atoms with Crippen LogP contribution in [0.4, 0.5) is 0 Å². The van der Waals surface area contributed by atoms with E-state index in [1.165, 1.54) is 7.11 Å². The first-order valence-electron chi connectivity index (χ1n) is 5.98. The number of phosphoric ester groups is 1. The molecule has 0 rings (SSSR count). The topological polar surface area (TPSA) is 55.8 Å². The molecule has 104 valence electrons. The van der Waals surface area contributed by atoms with Crippen LogP contribution in [0.3, 0.4) is 0 Å². The van der Waals surface area contributed by atoms with Gasteiger partial charge in [-0.3, -0.25) is 9.05 Å². The predicted octanol–water partition coefficient (Wildman–Crippen LogP) is 3.99. The van der Waals surface area contributed by atoms with Gasteiger partial charge in [0.05, 0.1) is 5.60 Å². The molecule has 0 spiro atoms. The lowest BCUT2D eigenvalue weighted by Crippen LogP contribution is -2.31. The van der Waals surface area contributed by atoms with E-state index in [1.807, 2.05) is 13.8 Å². The fraction of sp³-hybridized carbons (Fsp3) is 1.00. The van der Waals surface area contributed by atoms with Crippen LogP contribution < -0.4 is 0 Å². The maximum absolute atomic E-state index is 11.4. The van der Waals surface area contributed by atoms with Crippen LogP contribution in [0.5, 0.6) is 0 Å². The Morgan fingerprint density at radius 3 is 2.06 bits per heavy atom. The van der Waals surface area contributed by atoms with Crippen LogP contribution in [0.15, 0.2) is 0 Å². The molecular formula is C12H27O4P. The second-order valence-electron chi connectivity index (χ2n) is 6.44. The van der Waals surface area contributed by atoms with Gasteiger partial charge in [-0.1, -0.05) is 27.7 Å². The normalized spacial score (nSPS) is 17.2. The van der Waals surface area contributed by atoms with E-state index < -0.39 is 13.4 Å². The van der Waals surface area contributed by atoms with Crippen LogP contribution in [0, 0.1) is 11.3 Å². The molecule has 0 aromatic rings. The van der Waals surface area contributed by atoms with Gasteiger partial charge < -0.3 is 4.89 Å². The molecule has 1 atom stereocenters. The van der Waals surface area contributed by atoms with Crippen molar-refractivity contribution in [2.45, 2.75) is 60.0 Å². The monoisotopic (exact) mass is 266 g/mol. The molecule has 0 aliphatic rings. The Hall–Kier alpha value is 0.110. The van der Waals surface area contributed by atoms with Crippen molar-refractivity contribution in [2.75, 3.05) is 7.11 Å². The summed E-state index contributed by atoms with van der Waals surface area (Å²) in [6.45, 7) is 12.3. The molecule has 0 aliphatic carbocycles. The summed E-state index contributed by atoms with van der Waals surface area (Å²) in [6.07, 6.45) is 1.74. The van der Waals surface area contributed by atoms with Crippen LogP contribution in [-0.4, -0.2) is 17.6 Å².